The molecule has 1 amide bonds. The van der Waals surface area contributed by atoms with Gasteiger partial charge >= 0.3 is 11.7 Å². The Balaban J connectivity index is 1.64. The smallest absolute Gasteiger partial charge is 0.343 e. The highest BCUT2D eigenvalue weighted by Crippen LogP contribution is 2.18. The maximum Gasteiger partial charge on any atom is 0.343 e. The highest BCUT2D eigenvalue weighted by atomic mass is 16.4. The van der Waals surface area contributed by atoms with Crippen LogP contribution in [0, 0.1) is 0 Å². The van der Waals surface area contributed by atoms with Crippen LogP contribution >= 0.6 is 0 Å². The quantitative estimate of drug-likeness (QED) is 0.645. The van der Waals surface area contributed by atoms with Gasteiger partial charge in [-0.15, -0.1) is 0 Å². The second-order valence-corrected chi connectivity index (χ2v) is 5.81. The number of nitrogens with zero attached hydrogens (tertiary/aromatic N) is 5. The Hall–Kier alpha value is -3.43. The maximum atomic E-state index is 12.7. The van der Waals surface area contributed by atoms with E-state index in [9.17, 15) is 19.5 Å². The molecule has 0 spiro atoms. The van der Waals surface area contributed by atoms with E-state index < -0.39 is 17.7 Å². The van der Waals surface area contributed by atoms with E-state index in [-0.39, 0.29) is 25.4 Å². The summed E-state index contributed by atoms with van der Waals surface area (Å²) in [4.78, 5) is 37.2. The average Bonchev–Trinajstić information content (AvgIpc) is 3.18. The third-order valence-corrected chi connectivity index (χ3v) is 4.33. The van der Waals surface area contributed by atoms with Crippen LogP contribution in [-0.2, 0) is 29.1 Å². The second-order valence-electron chi connectivity index (χ2n) is 5.81. The van der Waals surface area contributed by atoms with Gasteiger partial charge < -0.3 is 10.0 Å². The van der Waals surface area contributed by atoms with Gasteiger partial charge in [-0.2, -0.15) is 10.2 Å². The minimum absolute atomic E-state index is 0.0198. The van der Waals surface area contributed by atoms with Gasteiger partial charge in [-0.05, 0) is 12.1 Å². The molecular weight excluding hydrogens is 328 g/mol. The van der Waals surface area contributed by atoms with Crippen molar-refractivity contribution < 1.29 is 14.7 Å². The predicted octanol–water partition coefficient (Wildman–Crippen LogP) is -0.743. The number of aromatic nitrogens is 5. The van der Waals surface area contributed by atoms with Crippen LogP contribution in [-0.4, -0.2) is 52.3 Å². The zero-order valence-electron chi connectivity index (χ0n) is 13.0. The summed E-state index contributed by atoms with van der Waals surface area (Å²) in [6.45, 7) is -0.158. The Morgan fingerprint density at radius 2 is 2.20 bits per heavy atom. The molecule has 25 heavy (non-hydrogen) atoms. The summed E-state index contributed by atoms with van der Waals surface area (Å²) >= 11 is 0. The number of hydrogen-bond acceptors (Lipinski definition) is 5. The first kappa shape index (κ1) is 15.1. The molecule has 1 unspecified atom stereocenters. The zero-order chi connectivity index (χ0) is 17.6. The molecule has 1 aliphatic heterocycles. The number of carbonyl (C=O) groups excluding carboxylic acids is 1. The van der Waals surface area contributed by atoms with Gasteiger partial charge in [0.15, 0.2) is 5.82 Å². The van der Waals surface area contributed by atoms with Crippen LogP contribution in [0.25, 0.3) is 5.52 Å². The summed E-state index contributed by atoms with van der Waals surface area (Å²) < 4.78 is 2.90. The average molecular weight is 342 g/mol. The molecule has 4 heterocycles. The van der Waals surface area contributed by atoms with Gasteiger partial charge in [0.2, 0.25) is 5.91 Å². The first-order valence-electron chi connectivity index (χ1n) is 7.62. The SMILES string of the molecule is O=C(O)C1Cn2c(n[nH]c2=O)CN1C(=O)Cc1cnn2ccccc12. The monoisotopic (exact) mass is 342 g/mol. The minimum Gasteiger partial charge on any atom is -0.480 e. The van der Waals surface area contributed by atoms with E-state index in [1.807, 2.05) is 18.2 Å². The highest BCUT2D eigenvalue weighted by Gasteiger charge is 2.36. The number of fused-ring (bicyclic) bond motifs is 2. The van der Waals surface area contributed by atoms with Gasteiger partial charge in [-0.3, -0.25) is 9.36 Å². The van der Waals surface area contributed by atoms with Crippen molar-refractivity contribution in [2.24, 2.45) is 0 Å². The fraction of sp³-hybridized carbons (Fsp3) is 0.267. The number of rotatable bonds is 3. The Bertz CT molecular complexity index is 1030. The van der Waals surface area contributed by atoms with Crippen molar-refractivity contribution in [1.29, 1.82) is 0 Å². The molecular formula is C15H14N6O4. The first-order chi connectivity index (χ1) is 12.0. The van der Waals surface area contributed by atoms with Crippen molar-refractivity contribution >= 4 is 17.4 Å². The number of aromatic amines is 1. The predicted molar refractivity (Wildman–Crippen MR) is 83.7 cm³/mol. The van der Waals surface area contributed by atoms with E-state index in [1.54, 1.807) is 16.9 Å². The van der Waals surface area contributed by atoms with Crippen molar-refractivity contribution in [2.75, 3.05) is 0 Å². The van der Waals surface area contributed by atoms with Crippen molar-refractivity contribution in [3.8, 4) is 0 Å². The fourth-order valence-electron chi connectivity index (χ4n) is 3.05. The molecule has 10 nitrogen and oxygen atoms in total. The van der Waals surface area contributed by atoms with Crippen molar-refractivity contribution in [3.63, 3.8) is 0 Å². The van der Waals surface area contributed by atoms with Crippen LogP contribution in [0.1, 0.15) is 11.4 Å². The van der Waals surface area contributed by atoms with E-state index in [1.165, 1.54) is 9.47 Å². The number of amides is 1. The van der Waals surface area contributed by atoms with Crippen LogP contribution in [0.5, 0.6) is 0 Å². The molecule has 0 radical (unpaired) electrons. The number of aliphatic carboxylic acids is 1. The number of carboxylic acid groups (broad SMARTS) is 1. The molecule has 0 aliphatic carbocycles. The first-order valence-corrected chi connectivity index (χ1v) is 7.62. The number of H-pyrrole nitrogens is 1. The van der Waals surface area contributed by atoms with Crippen LogP contribution in [0.2, 0.25) is 0 Å². The molecule has 4 rings (SSSR count). The largest absolute Gasteiger partial charge is 0.480 e. The molecule has 0 aromatic carbocycles. The molecule has 3 aromatic heterocycles. The summed E-state index contributed by atoms with van der Waals surface area (Å²) in [7, 11) is 0. The van der Waals surface area contributed by atoms with Crippen LogP contribution in [0.15, 0.2) is 35.4 Å². The van der Waals surface area contributed by atoms with Gasteiger partial charge in [0, 0.05) is 11.8 Å². The summed E-state index contributed by atoms with van der Waals surface area (Å²) in [5.41, 5.74) is 1.02. The topological polar surface area (TPSA) is 126 Å². The molecule has 1 atom stereocenters. The lowest BCUT2D eigenvalue weighted by Gasteiger charge is -2.32. The van der Waals surface area contributed by atoms with E-state index in [0.29, 0.717) is 11.4 Å². The third kappa shape index (κ3) is 2.47. The molecule has 128 valence electrons. The molecule has 0 fully saturated rings. The number of pyridine rings is 1. The van der Waals surface area contributed by atoms with Gasteiger partial charge in [0.05, 0.1) is 31.2 Å². The van der Waals surface area contributed by atoms with Crippen LogP contribution < -0.4 is 5.69 Å². The van der Waals surface area contributed by atoms with E-state index in [4.69, 9.17) is 0 Å². The maximum absolute atomic E-state index is 12.7. The summed E-state index contributed by atoms with van der Waals surface area (Å²) in [6, 6.07) is 4.39. The molecule has 3 aromatic rings. The summed E-state index contributed by atoms with van der Waals surface area (Å²) in [5.74, 6) is -1.17. The fourth-order valence-corrected chi connectivity index (χ4v) is 3.05. The van der Waals surface area contributed by atoms with E-state index in [2.05, 4.69) is 15.3 Å². The molecule has 0 saturated carbocycles. The third-order valence-electron chi connectivity index (χ3n) is 4.33. The van der Waals surface area contributed by atoms with E-state index >= 15 is 0 Å². The number of nitrogens with one attached hydrogen (secondary N) is 1. The minimum atomic E-state index is -1.16. The van der Waals surface area contributed by atoms with Crippen molar-refractivity contribution in [3.05, 3.63) is 52.5 Å². The van der Waals surface area contributed by atoms with Crippen molar-refractivity contribution in [1.82, 2.24) is 29.3 Å². The van der Waals surface area contributed by atoms with E-state index in [0.717, 1.165) is 5.52 Å². The molecule has 0 saturated heterocycles. The summed E-state index contributed by atoms with van der Waals surface area (Å²) in [6.07, 6.45) is 3.38. The lowest BCUT2D eigenvalue weighted by molar-refractivity contribution is -0.152. The zero-order valence-corrected chi connectivity index (χ0v) is 13.0. The highest BCUT2D eigenvalue weighted by molar-refractivity contribution is 5.86. The molecule has 10 heteroatoms. The second kappa shape index (κ2) is 5.58. The van der Waals surface area contributed by atoms with Crippen LogP contribution in [0.3, 0.4) is 0 Å². The van der Waals surface area contributed by atoms with Crippen molar-refractivity contribution in [2.45, 2.75) is 25.6 Å². The lowest BCUT2D eigenvalue weighted by Crippen LogP contribution is -2.52. The Morgan fingerprint density at radius 1 is 1.36 bits per heavy atom. The Labute approximate surface area is 140 Å². The Morgan fingerprint density at radius 3 is 3.00 bits per heavy atom. The van der Waals surface area contributed by atoms with Crippen LogP contribution in [0.4, 0.5) is 0 Å². The number of carbonyl (C=O) groups is 2. The molecule has 2 N–H and O–H groups in total. The lowest BCUT2D eigenvalue weighted by atomic mass is 10.1. The van der Waals surface area contributed by atoms with Gasteiger partial charge in [0.1, 0.15) is 6.04 Å². The number of hydrogen-bond donors (Lipinski definition) is 2. The summed E-state index contributed by atoms with van der Waals surface area (Å²) in [5, 5.41) is 19.8. The van der Waals surface area contributed by atoms with Gasteiger partial charge in [-0.1, -0.05) is 6.07 Å². The molecule has 1 aliphatic rings. The molecule has 0 bridgehead atoms. The van der Waals surface area contributed by atoms with Gasteiger partial charge in [-0.25, -0.2) is 19.2 Å². The standard InChI is InChI=1S/C15H14N6O4/c22-13(5-9-6-16-21-4-2-1-3-10(9)21)19-8-12-17-18-15(25)20(12)7-11(19)14(23)24/h1-4,6,11H,5,7-8H2,(H,18,25)(H,23,24). The normalized spacial score (nSPS) is 16.8. The Kier molecular flexibility index (Phi) is 3.38. The number of carboxylic acids is 1. The van der Waals surface area contributed by atoms with Gasteiger partial charge in [0.25, 0.3) is 0 Å².